The van der Waals surface area contributed by atoms with Gasteiger partial charge in [-0.3, -0.25) is 9.59 Å². The van der Waals surface area contributed by atoms with Crippen molar-refractivity contribution in [2.75, 3.05) is 0 Å². The van der Waals surface area contributed by atoms with Gasteiger partial charge in [-0.05, 0) is 28.5 Å². The highest BCUT2D eigenvalue weighted by molar-refractivity contribution is 9.10. The van der Waals surface area contributed by atoms with E-state index in [1.165, 1.54) is 0 Å². The Morgan fingerprint density at radius 2 is 1.32 bits per heavy atom. The second-order valence-electron chi connectivity index (χ2n) is 9.59. The van der Waals surface area contributed by atoms with Gasteiger partial charge in [-0.2, -0.15) is 0 Å². The molecular weight excluding hydrogens is 420 g/mol. The molecule has 0 bridgehead atoms. The number of carbonyl (C=O) groups excluding carboxylic acids is 2. The Morgan fingerprint density at radius 3 is 1.71 bits per heavy atom. The zero-order valence-corrected chi connectivity index (χ0v) is 18.4. The first-order chi connectivity index (χ1) is 12.9. The van der Waals surface area contributed by atoms with Gasteiger partial charge in [0.1, 0.15) is 11.5 Å². The van der Waals surface area contributed by atoms with Gasteiger partial charge in [0.25, 0.3) is 0 Å². The topological polar surface area (TPSA) is 74.6 Å². The molecule has 0 radical (unpaired) electrons. The van der Waals surface area contributed by atoms with Crippen LogP contribution in [-0.4, -0.2) is 21.8 Å². The zero-order chi connectivity index (χ0) is 20.9. The number of halogens is 1. The van der Waals surface area contributed by atoms with Gasteiger partial charge in [0.05, 0.1) is 0 Å². The second-order valence-corrected chi connectivity index (χ2v) is 10.5. The average Bonchev–Trinajstić information content (AvgIpc) is 2.49. The van der Waals surface area contributed by atoms with E-state index < -0.39 is 5.92 Å². The van der Waals surface area contributed by atoms with Gasteiger partial charge < -0.3 is 10.2 Å². The van der Waals surface area contributed by atoms with E-state index in [9.17, 15) is 19.8 Å². The maximum atomic E-state index is 13.1. The molecule has 4 nitrogen and oxygen atoms in total. The molecule has 0 amide bonds. The Labute approximate surface area is 174 Å². The van der Waals surface area contributed by atoms with Crippen molar-refractivity contribution in [3.63, 3.8) is 0 Å². The van der Waals surface area contributed by atoms with Gasteiger partial charge >= 0.3 is 0 Å². The third-order valence-electron chi connectivity index (χ3n) is 5.55. The number of aliphatic hydroxyl groups excluding tert-OH is 2. The normalized spacial score (nSPS) is 22.2. The molecular formula is C23H27BrO4. The highest BCUT2D eigenvalue weighted by atomic mass is 79.9. The van der Waals surface area contributed by atoms with E-state index >= 15 is 0 Å². The molecule has 0 spiro atoms. The predicted octanol–water partition coefficient (Wildman–Crippen LogP) is 5.94. The minimum absolute atomic E-state index is 0.0177. The molecule has 150 valence electrons. The molecule has 0 saturated carbocycles. The summed E-state index contributed by atoms with van der Waals surface area (Å²) >= 11 is 3.45. The van der Waals surface area contributed by atoms with Gasteiger partial charge in [-0.1, -0.05) is 55.8 Å². The Kier molecular flexibility index (Phi) is 5.34. The summed E-state index contributed by atoms with van der Waals surface area (Å²) in [7, 11) is 0. The molecule has 2 N–H and O–H groups in total. The quantitative estimate of drug-likeness (QED) is 0.602. The van der Waals surface area contributed by atoms with E-state index in [2.05, 4.69) is 15.9 Å². The van der Waals surface area contributed by atoms with Crippen molar-refractivity contribution in [3.8, 4) is 0 Å². The van der Waals surface area contributed by atoms with Crippen LogP contribution < -0.4 is 0 Å². The lowest BCUT2D eigenvalue weighted by Gasteiger charge is -2.36. The van der Waals surface area contributed by atoms with Crippen LogP contribution in [0.3, 0.4) is 0 Å². The van der Waals surface area contributed by atoms with Crippen LogP contribution in [0.1, 0.15) is 64.9 Å². The smallest absolute Gasteiger partial charge is 0.163 e. The summed E-state index contributed by atoms with van der Waals surface area (Å²) in [5.74, 6) is -1.06. The molecule has 2 aliphatic carbocycles. The van der Waals surface area contributed by atoms with E-state index in [4.69, 9.17) is 0 Å². The van der Waals surface area contributed by atoms with Crippen LogP contribution in [0.2, 0.25) is 0 Å². The van der Waals surface area contributed by atoms with E-state index in [1.807, 2.05) is 52.0 Å². The minimum atomic E-state index is -0.760. The van der Waals surface area contributed by atoms with Crippen LogP contribution in [0.5, 0.6) is 0 Å². The number of ketones is 2. The van der Waals surface area contributed by atoms with Crippen LogP contribution in [0, 0.1) is 10.8 Å². The SMILES string of the molecule is CC1(C)CC(=O)C(C(C2=C(O)CC(C)(C)CC2=O)c2cccc(Br)c2)=C(O)C1. The molecule has 28 heavy (non-hydrogen) atoms. The third kappa shape index (κ3) is 4.09. The van der Waals surface area contributed by atoms with E-state index in [0.717, 1.165) is 4.47 Å². The number of Topliss-reactive ketones (excluding diaryl/α,β-unsaturated/α-hetero) is 2. The first-order valence-electron chi connectivity index (χ1n) is 9.56. The van der Waals surface area contributed by atoms with Gasteiger partial charge in [0.2, 0.25) is 0 Å². The molecule has 5 heteroatoms. The largest absolute Gasteiger partial charge is 0.512 e. The van der Waals surface area contributed by atoms with Crippen molar-refractivity contribution >= 4 is 27.5 Å². The van der Waals surface area contributed by atoms with E-state index in [0.29, 0.717) is 31.2 Å². The van der Waals surface area contributed by atoms with Crippen LogP contribution in [0.15, 0.2) is 51.4 Å². The summed E-state index contributed by atoms with van der Waals surface area (Å²) < 4.78 is 0.808. The lowest BCUT2D eigenvalue weighted by molar-refractivity contribution is -0.119. The van der Waals surface area contributed by atoms with Crippen LogP contribution in [-0.2, 0) is 9.59 Å². The van der Waals surface area contributed by atoms with E-state index in [1.54, 1.807) is 0 Å². The maximum Gasteiger partial charge on any atom is 0.163 e. The zero-order valence-electron chi connectivity index (χ0n) is 16.8. The molecule has 0 heterocycles. The number of hydrogen-bond acceptors (Lipinski definition) is 4. The summed E-state index contributed by atoms with van der Waals surface area (Å²) in [5.41, 5.74) is 0.529. The number of allylic oxidation sites excluding steroid dienone is 4. The number of hydrogen-bond donors (Lipinski definition) is 2. The van der Waals surface area contributed by atoms with Crippen molar-refractivity contribution < 1.29 is 19.8 Å². The number of aliphatic hydroxyl groups is 2. The van der Waals surface area contributed by atoms with E-state index in [-0.39, 0.29) is 45.1 Å². The lowest BCUT2D eigenvalue weighted by Crippen LogP contribution is -2.33. The highest BCUT2D eigenvalue weighted by Gasteiger charge is 2.43. The van der Waals surface area contributed by atoms with Crippen LogP contribution >= 0.6 is 15.9 Å². The van der Waals surface area contributed by atoms with Crippen LogP contribution in [0.4, 0.5) is 0 Å². The maximum absolute atomic E-state index is 13.1. The summed E-state index contributed by atoms with van der Waals surface area (Å²) in [6.07, 6.45) is 1.33. The third-order valence-corrected chi connectivity index (χ3v) is 6.05. The fourth-order valence-electron chi connectivity index (χ4n) is 4.42. The predicted molar refractivity (Wildman–Crippen MR) is 112 cm³/mol. The van der Waals surface area contributed by atoms with Gasteiger partial charge in [-0.25, -0.2) is 0 Å². The Bertz CT molecular complexity index is 853. The monoisotopic (exact) mass is 446 g/mol. The fraction of sp³-hybridized carbons (Fsp3) is 0.478. The van der Waals surface area contributed by atoms with Gasteiger partial charge in [-0.15, -0.1) is 0 Å². The molecule has 3 rings (SSSR count). The Morgan fingerprint density at radius 1 is 0.857 bits per heavy atom. The Hall–Kier alpha value is -1.88. The van der Waals surface area contributed by atoms with Crippen molar-refractivity contribution in [3.05, 3.63) is 57.0 Å². The lowest BCUT2D eigenvalue weighted by atomic mass is 9.67. The number of benzene rings is 1. The molecule has 1 aromatic carbocycles. The average molecular weight is 447 g/mol. The first kappa shape index (κ1) is 20.8. The summed E-state index contributed by atoms with van der Waals surface area (Å²) in [6, 6.07) is 7.36. The Balaban J connectivity index is 2.23. The van der Waals surface area contributed by atoms with Gasteiger partial charge in [0.15, 0.2) is 11.6 Å². The standard InChI is InChI=1S/C23H27BrO4/c1-22(2)9-15(25)20(16(26)10-22)19(13-6-5-7-14(24)8-13)21-17(27)11-23(3,4)12-18(21)28/h5-8,19,25,27H,9-12H2,1-4H3. The molecule has 0 aromatic heterocycles. The van der Waals surface area contributed by atoms with Crippen molar-refractivity contribution in [1.82, 2.24) is 0 Å². The van der Waals surface area contributed by atoms with Crippen molar-refractivity contribution in [1.29, 1.82) is 0 Å². The second kappa shape index (κ2) is 7.18. The molecule has 0 atom stereocenters. The first-order valence-corrected chi connectivity index (χ1v) is 10.4. The molecule has 1 aromatic rings. The number of carbonyl (C=O) groups is 2. The van der Waals surface area contributed by atoms with Gasteiger partial charge in [0, 0.05) is 47.2 Å². The fourth-order valence-corrected chi connectivity index (χ4v) is 4.84. The summed E-state index contributed by atoms with van der Waals surface area (Å²) in [4.78, 5) is 26.1. The summed E-state index contributed by atoms with van der Waals surface area (Å²) in [5, 5.41) is 21.6. The highest BCUT2D eigenvalue weighted by Crippen LogP contribution is 2.48. The molecule has 0 saturated heterocycles. The molecule has 0 aliphatic heterocycles. The van der Waals surface area contributed by atoms with Crippen molar-refractivity contribution in [2.45, 2.75) is 59.3 Å². The van der Waals surface area contributed by atoms with Crippen LogP contribution in [0.25, 0.3) is 0 Å². The number of rotatable bonds is 3. The van der Waals surface area contributed by atoms with Crippen molar-refractivity contribution in [2.24, 2.45) is 10.8 Å². The minimum Gasteiger partial charge on any atom is -0.512 e. The molecule has 0 fully saturated rings. The molecule has 0 unspecified atom stereocenters. The molecule has 2 aliphatic rings. The summed E-state index contributed by atoms with van der Waals surface area (Å²) in [6.45, 7) is 7.77.